The highest BCUT2D eigenvalue weighted by Gasteiger charge is 2.18. The molecule has 0 aliphatic rings. The van der Waals surface area contributed by atoms with Crippen LogP contribution in [-0.4, -0.2) is 15.2 Å². The van der Waals surface area contributed by atoms with E-state index in [1.54, 1.807) is 11.3 Å². The Morgan fingerprint density at radius 1 is 1.30 bits per heavy atom. The van der Waals surface area contributed by atoms with Gasteiger partial charge in [0.15, 0.2) is 5.82 Å². The van der Waals surface area contributed by atoms with Gasteiger partial charge in [0.25, 0.3) is 0 Å². The zero-order valence-electron chi connectivity index (χ0n) is 11.1. The van der Waals surface area contributed by atoms with Gasteiger partial charge in [-0.15, -0.1) is 11.3 Å². The number of hydrogen-bond donors (Lipinski definition) is 2. The maximum atomic E-state index is 6.04. The summed E-state index contributed by atoms with van der Waals surface area (Å²) >= 11 is 5.13. The fourth-order valence-corrected chi connectivity index (χ4v) is 3.54. The molecule has 3 aromatic rings. The predicted molar refractivity (Wildman–Crippen MR) is 86.7 cm³/mol. The predicted octanol–water partition coefficient (Wildman–Crippen LogP) is 4.16. The number of benzene rings is 1. The number of nitrogens with zero attached hydrogens (tertiary/aromatic N) is 2. The summed E-state index contributed by atoms with van der Waals surface area (Å²) in [5.74, 6) is 0.503. The van der Waals surface area contributed by atoms with Gasteiger partial charge in [0, 0.05) is 4.47 Å². The van der Waals surface area contributed by atoms with Gasteiger partial charge in [-0.1, -0.05) is 28.1 Å². The van der Waals surface area contributed by atoms with Gasteiger partial charge in [0.1, 0.15) is 0 Å². The van der Waals surface area contributed by atoms with E-state index in [1.165, 1.54) is 0 Å². The highest BCUT2D eigenvalue weighted by atomic mass is 79.9. The minimum absolute atomic E-state index is 0.503. The Kier molecular flexibility index (Phi) is 3.35. The number of nitrogen functional groups attached to an aromatic ring is 1. The van der Waals surface area contributed by atoms with Crippen molar-refractivity contribution in [3.8, 4) is 21.7 Å². The molecule has 2 aromatic heterocycles. The molecule has 1 aromatic carbocycles. The number of aromatic nitrogens is 3. The minimum atomic E-state index is 0.503. The molecule has 0 unspecified atom stereocenters. The Bertz CT molecular complexity index is 775. The number of hydrogen-bond acceptors (Lipinski definition) is 4. The van der Waals surface area contributed by atoms with E-state index in [9.17, 15) is 0 Å². The van der Waals surface area contributed by atoms with Gasteiger partial charge < -0.3 is 5.73 Å². The average molecular weight is 349 g/mol. The zero-order chi connectivity index (χ0) is 14.3. The fraction of sp³-hybridized carbons (Fsp3) is 0.143. The summed E-state index contributed by atoms with van der Waals surface area (Å²) < 4.78 is 1.01. The molecule has 0 radical (unpaired) electrons. The summed E-state index contributed by atoms with van der Waals surface area (Å²) in [7, 11) is 0. The summed E-state index contributed by atoms with van der Waals surface area (Å²) in [6.45, 7) is 4.00. The second kappa shape index (κ2) is 5.03. The summed E-state index contributed by atoms with van der Waals surface area (Å²) in [6, 6.07) is 8.04. The largest absolute Gasteiger partial charge is 0.382 e. The van der Waals surface area contributed by atoms with Crippen molar-refractivity contribution in [3.63, 3.8) is 0 Å². The molecule has 2 heterocycles. The maximum Gasteiger partial charge on any atom is 0.153 e. The first-order valence-corrected chi connectivity index (χ1v) is 7.71. The molecule has 0 atom stereocenters. The molecule has 0 bridgehead atoms. The van der Waals surface area contributed by atoms with Crippen LogP contribution in [-0.2, 0) is 0 Å². The number of H-pyrrole nitrogens is 1. The second-order valence-electron chi connectivity index (χ2n) is 4.52. The Labute approximate surface area is 129 Å². The first kappa shape index (κ1) is 13.3. The molecule has 3 N–H and O–H groups in total. The Morgan fingerprint density at radius 3 is 2.75 bits per heavy atom. The van der Waals surface area contributed by atoms with Crippen LogP contribution in [0.25, 0.3) is 21.7 Å². The fourth-order valence-electron chi connectivity index (χ4n) is 2.22. The van der Waals surface area contributed by atoms with Gasteiger partial charge in [0.05, 0.1) is 26.8 Å². The minimum Gasteiger partial charge on any atom is -0.382 e. The van der Waals surface area contributed by atoms with Crippen LogP contribution >= 0.6 is 27.3 Å². The van der Waals surface area contributed by atoms with Crippen molar-refractivity contribution in [2.45, 2.75) is 13.8 Å². The van der Waals surface area contributed by atoms with E-state index in [1.807, 2.05) is 38.1 Å². The molecule has 0 aliphatic heterocycles. The number of aryl methyl sites for hydroxylation is 2. The SMILES string of the molecule is Cc1nc(C)c(-c2[nH]nc(N)c2-c2cccc(Br)c2)s1. The van der Waals surface area contributed by atoms with Crippen molar-refractivity contribution < 1.29 is 0 Å². The van der Waals surface area contributed by atoms with E-state index in [0.717, 1.165) is 36.9 Å². The van der Waals surface area contributed by atoms with Crippen LogP contribution in [0.15, 0.2) is 28.7 Å². The molecule has 0 amide bonds. The van der Waals surface area contributed by atoms with Crippen molar-refractivity contribution in [3.05, 3.63) is 39.4 Å². The van der Waals surface area contributed by atoms with E-state index in [0.29, 0.717) is 5.82 Å². The number of nitrogens with two attached hydrogens (primary N) is 1. The van der Waals surface area contributed by atoms with Crippen molar-refractivity contribution in [1.82, 2.24) is 15.2 Å². The Hall–Kier alpha value is -1.66. The molecular weight excluding hydrogens is 336 g/mol. The van der Waals surface area contributed by atoms with Gasteiger partial charge in [-0.3, -0.25) is 5.10 Å². The lowest BCUT2D eigenvalue weighted by atomic mass is 10.0. The number of nitrogens with one attached hydrogen (secondary N) is 1. The van der Waals surface area contributed by atoms with Crippen LogP contribution in [0.5, 0.6) is 0 Å². The van der Waals surface area contributed by atoms with Crippen LogP contribution in [0.4, 0.5) is 5.82 Å². The van der Waals surface area contributed by atoms with Crippen molar-refractivity contribution in [2.75, 3.05) is 5.73 Å². The lowest BCUT2D eigenvalue weighted by molar-refractivity contribution is 1.10. The van der Waals surface area contributed by atoms with E-state index in [4.69, 9.17) is 5.73 Å². The quantitative estimate of drug-likeness (QED) is 0.730. The third-order valence-corrected chi connectivity index (χ3v) is 4.62. The topological polar surface area (TPSA) is 67.6 Å². The average Bonchev–Trinajstić information content (AvgIpc) is 2.92. The monoisotopic (exact) mass is 348 g/mol. The van der Waals surface area contributed by atoms with Crippen LogP contribution in [0.1, 0.15) is 10.7 Å². The molecule has 0 saturated carbocycles. The molecule has 0 aliphatic carbocycles. The number of rotatable bonds is 2. The highest BCUT2D eigenvalue weighted by molar-refractivity contribution is 9.10. The summed E-state index contributed by atoms with van der Waals surface area (Å²) in [6.07, 6.45) is 0. The van der Waals surface area contributed by atoms with E-state index < -0.39 is 0 Å². The molecule has 0 fully saturated rings. The third kappa shape index (κ3) is 2.25. The Morgan fingerprint density at radius 2 is 2.10 bits per heavy atom. The number of halogens is 1. The van der Waals surface area contributed by atoms with E-state index in [2.05, 4.69) is 31.1 Å². The van der Waals surface area contributed by atoms with Crippen LogP contribution in [0.3, 0.4) is 0 Å². The van der Waals surface area contributed by atoms with E-state index in [-0.39, 0.29) is 0 Å². The van der Waals surface area contributed by atoms with E-state index >= 15 is 0 Å². The van der Waals surface area contributed by atoms with Gasteiger partial charge in [-0.05, 0) is 31.5 Å². The maximum absolute atomic E-state index is 6.04. The molecule has 102 valence electrons. The van der Waals surface area contributed by atoms with Crippen molar-refractivity contribution in [2.24, 2.45) is 0 Å². The molecule has 20 heavy (non-hydrogen) atoms. The molecule has 3 rings (SSSR count). The molecule has 6 heteroatoms. The van der Waals surface area contributed by atoms with Crippen molar-refractivity contribution >= 4 is 33.1 Å². The van der Waals surface area contributed by atoms with Crippen molar-refractivity contribution in [1.29, 1.82) is 0 Å². The van der Waals surface area contributed by atoms with Gasteiger partial charge in [-0.25, -0.2) is 4.98 Å². The second-order valence-corrected chi connectivity index (χ2v) is 6.64. The van der Waals surface area contributed by atoms with Gasteiger partial charge >= 0.3 is 0 Å². The lowest BCUT2D eigenvalue weighted by Gasteiger charge is -2.04. The first-order valence-electron chi connectivity index (χ1n) is 6.10. The summed E-state index contributed by atoms with van der Waals surface area (Å²) in [5.41, 5.74) is 9.93. The van der Waals surface area contributed by atoms with Crippen LogP contribution in [0.2, 0.25) is 0 Å². The molecule has 4 nitrogen and oxygen atoms in total. The summed E-state index contributed by atoms with van der Waals surface area (Å²) in [5, 5.41) is 8.24. The number of anilines is 1. The third-order valence-electron chi connectivity index (χ3n) is 3.04. The van der Waals surface area contributed by atoms with Crippen LogP contribution < -0.4 is 5.73 Å². The Balaban J connectivity index is 2.22. The first-order chi connectivity index (χ1) is 9.56. The number of thiazole rings is 1. The highest BCUT2D eigenvalue weighted by Crippen LogP contribution is 2.39. The van der Waals surface area contributed by atoms with Crippen LogP contribution in [0, 0.1) is 13.8 Å². The van der Waals surface area contributed by atoms with Gasteiger partial charge in [-0.2, -0.15) is 5.10 Å². The molecular formula is C14H13BrN4S. The lowest BCUT2D eigenvalue weighted by Crippen LogP contribution is -1.88. The smallest absolute Gasteiger partial charge is 0.153 e. The van der Waals surface area contributed by atoms with Gasteiger partial charge in [0.2, 0.25) is 0 Å². The summed E-state index contributed by atoms with van der Waals surface area (Å²) in [4.78, 5) is 5.55. The standard InChI is InChI=1S/C14H13BrN4S/c1-7-13(20-8(2)17-7)12-11(14(16)19-18-12)9-4-3-5-10(15)6-9/h3-6H,1-2H3,(H3,16,18,19). The number of aromatic amines is 1. The molecule has 0 saturated heterocycles. The normalized spacial score (nSPS) is 10.9. The molecule has 0 spiro atoms. The zero-order valence-corrected chi connectivity index (χ0v) is 13.5.